The van der Waals surface area contributed by atoms with Crippen molar-refractivity contribution in [2.45, 2.75) is 0 Å². The zero-order valence-corrected chi connectivity index (χ0v) is 11.5. The van der Waals surface area contributed by atoms with E-state index in [9.17, 15) is 9.90 Å². The van der Waals surface area contributed by atoms with Crippen LogP contribution in [0.4, 0.5) is 11.4 Å². The minimum absolute atomic E-state index is 0.219. The maximum atomic E-state index is 12.0. The van der Waals surface area contributed by atoms with E-state index in [0.29, 0.717) is 11.3 Å². The summed E-state index contributed by atoms with van der Waals surface area (Å²) in [7, 11) is 0. The number of H-pyrrole nitrogens is 1. The van der Waals surface area contributed by atoms with Gasteiger partial charge in [0.05, 0.1) is 5.69 Å². The molecule has 0 spiro atoms. The van der Waals surface area contributed by atoms with Crippen molar-refractivity contribution in [2.24, 2.45) is 10.2 Å². The lowest BCUT2D eigenvalue weighted by Crippen LogP contribution is -2.08. The summed E-state index contributed by atoms with van der Waals surface area (Å²) in [6, 6.07) is 18.0. The van der Waals surface area contributed by atoms with E-state index in [4.69, 9.17) is 0 Å². The van der Waals surface area contributed by atoms with E-state index in [1.54, 1.807) is 36.4 Å². The monoisotopic (exact) mass is 292 g/mol. The number of nitrogens with one attached hydrogen (secondary N) is 1. The van der Waals surface area contributed by atoms with Gasteiger partial charge in [-0.05, 0) is 12.1 Å². The number of aromatic hydroxyl groups is 1. The number of hydrogen-bond donors (Lipinski definition) is 2. The molecule has 0 amide bonds. The van der Waals surface area contributed by atoms with Crippen LogP contribution in [0.25, 0.3) is 11.4 Å². The smallest absolute Gasteiger partial charge is 0.283 e. The molecule has 0 aliphatic carbocycles. The maximum Gasteiger partial charge on any atom is 0.283 e. The van der Waals surface area contributed by atoms with Crippen LogP contribution in [-0.4, -0.2) is 15.1 Å². The topological polar surface area (TPSA) is 90.7 Å². The van der Waals surface area contributed by atoms with Crippen LogP contribution in [0.15, 0.2) is 75.7 Å². The number of aromatic amines is 1. The fraction of sp³-hybridized carbons (Fsp3) is 0. The molecule has 0 fully saturated rings. The molecule has 2 aromatic carbocycles. The third-order valence-corrected chi connectivity index (χ3v) is 2.95. The summed E-state index contributed by atoms with van der Waals surface area (Å²) in [6.45, 7) is 0. The fourth-order valence-corrected chi connectivity index (χ4v) is 1.88. The Labute approximate surface area is 125 Å². The minimum atomic E-state index is -0.550. The molecular formula is C16H12N4O2. The highest BCUT2D eigenvalue weighted by atomic mass is 16.3. The third kappa shape index (κ3) is 2.90. The number of rotatable bonds is 3. The average Bonchev–Trinajstić information content (AvgIpc) is 2.56. The summed E-state index contributed by atoms with van der Waals surface area (Å²) in [4.78, 5) is 18.6. The molecule has 6 nitrogen and oxygen atoms in total. The summed E-state index contributed by atoms with van der Waals surface area (Å²) in [5.74, 6) is -0.177. The molecule has 108 valence electrons. The summed E-state index contributed by atoms with van der Waals surface area (Å²) >= 11 is 0. The standard InChI is InChI=1S/C16H12N4O2/c21-15-13(20-19-12-9-5-2-6-10-12)16(22)18-14(17-15)11-7-3-1-4-8-11/h1-10H,(H2,17,18,21,22). The second kappa shape index (κ2) is 6.01. The Bertz CT molecular complexity index is 858. The lowest BCUT2D eigenvalue weighted by molar-refractivity contribution is 0.453. The number of nitrogens with zero attached hydrogens (tertiary/aromatic N) is 3. The van der Waals surface area contributed by atoms with E-state index in [1.165, 1.54) is 0 Å². The van der Waals surface area contributed by atoms with Crippen LogP contribution in [0.3, 0.4) is 0 Å². The summed E-state index contributed by atoms with van der Waals surface area (Å²) < 4.78 is 0. The number of azo groups is 1. The van der Waals surface area contributed by atoms with Gasteiger partial charge in [0.1, 0.15) is 5.82 Å². The van der Waals surface area contributed by atoms with Crippen molar-refractivity contribution < 1.29 is 5.11 Å². The van der Waals surface area contributed by atoms with Gasteiger partial charge < -0.3 is 10.1 Å². The molecule has 3 aromatic rings. The Hall–Kier alpha value is -3.28. The molecule has 0 saturated heterocycles. The van der Waals surface area contributed by atoms with Crippen LogP contribution in [-0.2, 0) is 0 Å². The first-order valence-electron chi connectivity index (χ1n) is 6.59. The second-order valence-corrected chi connectivity index (χ2v) is 4.49. The van der Waals surface area contributed by atoms with E-state index in [0.717, 1.165) is 0 Å². The highest BCUT2D eigenvalue weighted by molar-refractivity contribution is 5.58. The first-order chi connectivity index (χ1) is 10.7. The molecule has 2 N–H and O–H groups in total. The molecule has 0 aliphatic rings. The van der Waals surface area contributed by atoms with Gasteiger partial charge in [-0.1, -0.05) is 48.5 Å². The van der Waals surface area contributed by atoms with Crippen LogP contribution < -0.4 is 5.56 Å². The van der Waals surface area contributed by atoms with E-state index < -0.39 is 11.4 Å². The fourth-order valence-electron chi connectivity index (χ4n) is 1.88. The largest absolute Gasteiger partial charge is 0.491 e. The number of hydrogen-bond acceptors (Lipinski definition) is 5. The van der Waals surface area contributed by atoms with Crippen LogP contribution in [0.1, 0.15) is 0 Å². The van der Waals surface area contributed by atoms with Crippen molar-refractivity contribution in [2.75, 3.05) is 0 Å². The lowest BCUT2D eigenvalue weighted by atomic mass is 10.2. The molecular weight excluding hydrogens is 280 g/mol. The van der Waals surface area contributed by atoms with Crippen molar-refractivity contribution in [3.05, 3.63) is 71.0 Å². The average molecular weight is 292 g/mol. The molecule has 0 unspecified atom stereocenters. The van der Waals surface area contributed by atoms with E-state index in [-0.39, 0.29) is 11.5 Å². The normalized spacial score (nSPS) is 10.9. The molecule has 0 radical (unpaired) electrons. The Morgan fingerprint density at radius 2 is 1.55 bits per heavy atom. The van der Waals surface area contributed by atoms with Crippen molar-refractivity contribution in [1.82, 2.24) is 9.97 Å². The van der Waals surface area contributed by atoms with Gasteiger partial charge in [0.2, 0.25) is 11.6 Å². The van der Waals surface area contributed by atoms with Crippen LogP contribution in [0, 0.1) is 0 Å². The van der Waals surface area contributed by atoms with Gasteiger partial charge in [-0.15, -0.1) is 5.11 Å². The zero-order valence-electron chi connectivity index (χ0n) is 11.5. The number of aromatic nitrogens is 2. The molecule has 22 heavy (non-hydrogen) atoms. The first kappa shape index (κ1) is 13.7. The second-order valence-electron chi connectivity index (χ2n) is 4.49. The van der Waals surface area contributed by atoms with E-state index in [1.807, 2.05) is 24.3 Å². The molecule has 0 atom stereocenters. The number of benzene rings is 2. The summed E-state index contributed by atoms with van der Waals surface area (Å²) in [5.41, 5.74) is 0.504. The Morgan fingerprint density at radius 3 is 2.18 bits per heavy atom. The van der Waals surface area contributed by atoms with Crippen LogP contribution in [0.2, 0.25) is 0 Å². The van der Waals surface area contributed by atoms with Crippen LogP contribution >= 0.6 is 0 Å². The minimum Gasteiger partial charge on any atom is -0.491 e. The predicted octanol–water partition coefficient (Wildman–Crippen LogP) is 3.56. The quantitative estimate of drug-likeness (QED) is 0.723. The predicted molar refractivity (Wildman–Crippen MR) is 82.6 cm³/mol. The Morgan fingerprint density at radius 1 is 0.909 bits per heavy atom. The molecule has 1 aromatic heterocycles. The summed E-state index contributed by atoms with van der Waals surface area (Å²) in [5, 5.41) is 17.6. The van der Waals surface area contributed by atoms with Gasteiger partial charge in [0.25, 0.3) is 5.56 Å². The molecule has 3 rings (SSSR count). The molecule has 0 aliphatic heterocycles. The van der Waals surface area contributed by atoms with Crippen molar-refractivity contribution in [3.8, 4) is 17.3 Å². The van der Waals surface area contributed by atoms with Crippen molar-refractivity contribution >= 4 is 11.4 Å². The van der Waals surface area contributed by atoms with Gasteiger partial charge in [-0.3, -0.25) is 4.79 Å². The highest BCUT2D eigenvalue weighted by Gasteiger charge is 2.11. The third-order valence-electron chi connectivity index (χ3n) is 2.95. The van der Waals surface area contributed by atoms with Gasteiger partial charge in [-0.25, -0.2) is 0 Å². The highest BCUT2D eigenvalue weighted by Crippen LogP contribution is 2.24. The molecule has 6 heteroatoms. The van der Waals surface area contributed by atoms with Gasteiger partial charge in [0, 0.05) is 5.56 Å². The Kier molecular flexibility index (Phi) is 3.74. The molecule has 0 saturated carbocycles. The van der Waals surface area contributed by atoms with Gasteiger partial charge in [-0.2, -0.15) is 10.1 Å². The van der Waals surface area contributed by atoms with E-state index in [2.05, 4.69) is 20.2 Å². The van der Waals surface area contributed by atoms with Crippen molar-refractivity contribution in [1.29, 1.82) is 0 Å². The maximum absolute atomic E-state index is 12.0. The SMILES string of the molecule is O=c1[nH]c(-c2ccccc2)nc(O)c1N=Nc1ccccc1. The summed E-state index contributed by atoms with van der Waals surface area (Å²) in [6.07, 6.45) is 0. The van der Waals surface area contributed by atoms with Crippen LogP contribution in [0.5, 0.6) is 5.88 Å². The lowest BCUT2D eigenvalue weighted by Gasteiger charge is -2.02. The molecule has 1 heterocycles. The zero-order chi connectivity index (χ0) is 15.4. The first-order valence-corrected chi connectivity index (χ1v) is 6.59. The van der Waals surface area contributed by atoms with Gasteiger partial charge >= 0.3 is 0 Å². The molecule has 0 bridgehead atoms. The van der Waals surface area contributed by atoms with Gasteiger partial charge in [0.15, 0.2) is 0 Å². The Balaban J connectivity index is 1.98. The van der Waals surface area contributed by atoms with E-state index >= 15 is 0 Å². The van der Waals surface area contributed by atoms with Crippen molar-refractivity contribution in [3.63, 3.8) is 0 Å².